The summed E-state index contributed by atoms with van der Waals surface area (Å²) >= 11 is 0. The molecule has 1 amide bonds. The lowest BCUT2D eigenvalue weighted by molar-refractivity contribution is -0.385. The van der Waals surface area contributed by atoms with Crippen molar-refractivity contribution in [3.05, 3.63) is 64.5 Å². The monoisotopic (exact) mass is 257 g/mol. The quantitative estimate of drug-likeness (QED) is 0.624. The summed E-state index contributed by atoms with van der Waals surface area (Å²) in [5, 5.41) is 10.9. The fourth-order valence-corrected chi connectivity index (χ4v) is 1.66. The van der Waals surface area contributed by atoms with Crippen LogP contribution in [-0.2, 0) is 0 Å². The van der Waals surface area contributed by atoms with Gasteiger partial charge in [-0.15, -0.1) is 0 Å². The summed E-state index contributed by atoms with van der Waals surface area (Å²) in [4.78, 5) is 27.8. The molecular formula is C13H11N3O3. The number of anilines is 1. The second kappa shape index (κ2) is 5.26. The number of benzene rings is 1. The maximum absolute atomic E-state index is 12.3. The van der Waals surface area contributed by atoms with Crippen LogP contribution in [0.2, 0.25) is 0 Å². The van der Waals surface area contributed by atoms with Crippen molar-refractivity contribution in [2.45, 2.75) is 0 Å². The number of hydrogen-bond acceptors (Lipinski definition) is 4. The molecule has 0 atom stereocenters. The average molecular weight is 257 g/mol. The Balaban J connectivity index is 2.38. The Hall–Kier alpha value is -2.76. The number of nitro groups is 1. The van der Waals surface area contributed by atoms with Crippen molar-refractivity contribution >= 4 is 17.3 Å². The molecule has 0 aliphatic carbocycles. The molecule has 2 aromatic rings. The second-order valence-electron chi connectivity index (χ2n) is 3.85. The number of carbonyl (C=O) groups is 1. The predicted octanol–water partition coefficient (Wildman–Crippen LogP) is 2.27. The van der Waals surface area contributed by atoms with E-state index in [1.165, 1.54) is 29.3 Å². The third-order valence-electron chi connectivity index (χ3n) is 2.67. The van der Waals surface area contributed by atoms with Crippen LogP contribution in [0.1, 0.15) is 10.4 Å². The molecule has 0 N–H and O–H groups in total. The minimum absolute atomic E-state index is 0.0545. The van der Waals surface area contributed by atoms with Crippen LogP contribution < -0.4 is 4.90 Å². The van der Waals surface area contributed by atoms with Crippen molar-refractivity contribution in [1.29, 1.82) is 0 Å². The SMILES string of the molecule is CN(C(=O)c1ccccc1[N+](=O)[O-])c1cccnc1. The number of hydrogen-bond donors (Lipinski definition) is 0. The normalized spacial score (nSPS) is 9.95. The molecule has 6 heteroatoms. The Morgan fingerprint density at radius 1 is 1.26 bits per heavy atom. The molecule has 19 heavy (non-hydrogen) atoms. The van der Waals surface area contributed by atoms with Crippen molar-refractivity contribution in [2.75, 3.05) is 11.9 Å². The summed E-state index contributed by atoms with van der Waals surface area (Å²) in [6.07, 6.45) is 3.11. The molecule has 0 radical (unpaired) electrons. The van der Waals surface area contributed by atoms with E-state index in [0.29, 0.717) is 5.69 Å². The number of pyridine rings is 1. The lowest BCUT2D eigenvalue weighted by Gasteiger charge is -2.16. The van der Waals surface area contributed by atoms with Gasteiger partial charge in [0.1, 0.15) is 5.56 Å². The average Bonchev–Trinajstić information content (AvgIpc) is 2.46. The molecular weight excluding hydrogens is 246 g/mol. The maximum atomic E-state index is 12.3. The lowest BCUT2D eigenvalue weighted by atomic mass is 10.1. The van der Waals surface area contributed by atoms with Crippen molar-refractivity contribution in [3.63, 3.8) is 0 Å². The minimum Gasteiger partial charge on any atom is -0.310 e. The Morgan fingerprint density at radius 2 is 2.00 bits per heavy atom. The molecule has 1 aromatic carbocycles. The topological polar surface area (TPSA) is 76.3 Å². The Morgan fingerprint density at radius 3 is 2.63 bits per heavy atom. The summed E-state index contributed by atoms with van der Waals surface area (Å²) in [5.74, 6) is -0.444. The third-order valence-corrected chi connectivity index (χ3v) is 2.67. The Bertz CT molecular complexity index is 614. The zero-order chi connectivity index (χ0) is 13.8. The number of aromatic nitrogens is 1. The van der Waals surface area contributed by atoms with E-state index in [0.717, 1.165) is 0 Å². The molecule has 96 valence electrons. The van der Waals surface area contributed by atoms with E-state index in [1.807, 2.05) is 0 Å². The first-order valence-corrected chi connectivity index (χ1v) is 5.53. The van der Waals surface area contributed by atoms with E-state index >= 15 is 0 Å². The van der Waals surface area contributed by atoms with Crippen molar-refractivity contribution in [3.8, 4) is 0 Å². The van der Waals surface area contributed by atoms with Crippen molar-refractivity contribution < 1.29 is 9.72 Å². The highest BCUT2D eigenvalue weighted by Crippen LogP contribution is 2.21. The van der Waals surface area contributed by atoms with E-state index in [2.05, 4.69) is 4.98 Å². The molecule has 6 nitrogen and oxygen atoms in total. The molecule has 0 saturated heterocycles. The zero-order valence-corrected chi connectivity index (χ0v) is 10.2. The van der Waals surface area contributed by atoms with E-state index in [-0.39, 0.29) is 11.3 Å². The second-order valence-corrected chi connectivity index (χ2v) is 3.85. The Kier molecular flexibility index (Phi) is 3.51. The molecule has 2 rings (SSSR count). The minimum atomic E-state index is -0.565. The number of para-hydroxylation sites is 1. The summed E-state index contributed by atoms with van der Waals surface area (Å²) in [6.45, 7) is 0. The number of amides is 1. The van der Waals surface area contributed by atoms with Gasteiger partial charge in [0.15, 0.2) is 0 Å². The van der Waals surface area contributed by atoms with Gasteiger partial charge >= 0.3 is 0 Å². The van der Waals surface area contributed by atoms with E-state index in [9.17, 15) is 14.9 Å². The number of nitro benzene ring substituents is 1. The van der Waals surface area contributed by atoms with Crippen LogP contribution in [0, 0.1) is 10.1 Å². The van der Waals surface area contributed by atoms with Crippen LogP contribution in [0.15, 0.2) is 48.8 Å². The van der Waals surface area contributed by atoms with Crippen LogP contribution in [0.25, 0.3) is 0 Å². The van der Waals surface area contributed by atoms with E-state index in [4.69, 9.17) is 0 Å². The van der Waals surface area contributed by atoms with Gasteiger partial charge in [-0.1, -0.05) is 12.1 Å². The molecule has 0 aliphatic rings. The molecule has 0 unspecified atom stereocenters. The predicted molar refractivity (Wildman–Crippen MR) is 70.1 cm³/mol. The molecule has 1 heterocycles. The van der Waals surface area contributed by atoms with Gasteiger partial charge in [-0.05, 0) is 18.2 Å². The summed E-state index contributed by atoms with van der Waals surface area (Å²) in [6, 6.07) is 9.27. The summed E-state index contributed by atoms with van der Waals surface area (Å²) in [7, 11) is 1.55. The van der Waals surface area contributed by atoms with Gasteiger partial charge in [0.2, 0.25) is 0 Å². The molecule has 0 bridgehead atoms. The largest absolute Gasteiger partial charge is 0.310 e. The van der Waals surface area contributed by atoms with Crippen LogP contribution >= 0.6 is 0 Å². The van der Waals surface area contributed by atoms with Gasteiger partial charge in [0, 0.05) is 19.3 Å². The Labute approximate surface area is 109 Å². The first-order chi connectivity index (χ1) is 9.11. The van der Waals surface area contributed by atoms with Crippen LogP contribution in [-0.4, -0.2) is 22.9 Å². The smallest absolute Gasteiger partial charge is 0.282 e. The van der Waals surface area contributed by atoms with Crippen molar-refractivity contribution in [1.82, 2.24) is 4.98 Å². The number of carbonyl (C=O) groups excluding carboxylic acids is 1. The standard InChI is InChI=1S/C13H11N3O3/c1-15(10-5-4-8-14-9-10)13(17)11-6-2-3-7-12(11)16(18)19/h2-9H,1H3. The maximum Gasteiger partial charge on any atom is 0.282 e. The van der Waals surface area contributed by atoms with Gasteiger partial charge in [-0.3, -0.25) is 19.9 Å². The van der Waals surface area contributed by atoms with E-state index < -0.39 is 10.8 Å². The highest BCUT2D eigenvalue weighted by Gasteiger charge is 2.22. The van der Waals surface area contributed by atoms with Crippen molar-refractivity contribution in [2.24, 2.45) is 0 Å². The van der Waals surface area contributed by atoms with Gasteiger partial charge < -0.3 is 4.90 Å². The number of rotatable bonds is 3. The van der Waals surface area contributed by atoms with Crippen LogP contribution in [0.5, 0.6) is 0 Å². The van der Waals surface area contributed by atoms with Gasteiger partial charge in [-0.2, -0.15) is 0 Å². The van der Waals surface area contributed by atoms with Crippen LogP contribution in [0.4, 0.5) is 11.4 Å². The number of nitrogens with zero attached hydrogens (tertiary/aromatic N) is 3. The molecule has 1 aromatic heterocycles. The summed E-state index contributed by atoms with van der Waals surface area (Å²) in [5.41, 5.74) is 0.424. The van der Waals surface area contributed by atoms with Crippen LogP contribution in [0.3, 0.4) is 0 Å². The summed E-state index contributed by atoms with van der Waals surface area (Å²) < 4.78 is 0. The van der Waals surface area contributed by atoms with Gasteiger partial charge in [-0.25, -0.2) is 0 Å². The van der Waals surface area contributed by atoms with Gasteiger partial charge in [0.05, 0.1) is 16.8 Å². The van der Waals surface area contributed by atoms with E-state index in [1.54, 1.807) is 31.4 Å². The van der Waals surface area contributed by atoms with Gasteiger partial charge in [0.25, 0.3) is 11.6 Å². The highest BCUT2D eigenvalue weighted by molar-refractivity contribution is 6.08. The highest BCUT2D eigenvalue weighted by atomic mass is 16.6. The molecule has 0 aliphatic heterocycles. The fourth-order valence-electron chi connectivity index (χ4n) is 1.66. The fraction of sp³-hybridized carbons (Fsp3) is 0.0769. The lowest BCUT2D eigenvalue weighted by Crippen LogP contribution is -2.26. The first kappa shape index (κ1) is 12.7. The first-order valence-electron chi connectivity index (χ1n) is 5.53. The molecule has 0 fully saturated rings. The third kappa shape index (κ3) is 2.57. The zero-order valence-electron chi connectivity index (χ0n) is 10.2. The molecule has 0 saturated carbocycles. The molecule has 0 spiro atoms.